The van der Waals surface area contributed by atoms with Crippen LogP contribution in [0.3, 0.4) is 0 Å². The van der Waals surface area contributed by atoms with E-state index in [-0.39, 0.29) is 0 Å². The summed E-state index contributed by atoms with van der Waals surface area (Å²) in [5.41, 5.74) is 9.21. The maximum atomic E-state index is 8.90. The molecule has 6 rings (SSSR count). The number of aromatic nitrogens is 5. The first-order valence-corrected chi connectivity index (χ1v) is 11.6. The Balaban J connectivity index is 1.38. The van der Waals surface area contributed by atoms with Crippen LogP contribution in [-0.4, -0.2) is 62.2 Å². The molecule has 2 fully saturated rings. The molecule has 2 aliphatic heterocycles. The first kappa shape index (κ1) is 20.2. The van der Waals surface area contributed by atoms with Crippen molar-refractivity contribution in [2.24, 2.45) is 5.41 Å². The Hall–Kier alpha value is -3.44. The van der Waals surface area contributed by atoms with Crippen LogP contribution in [0.5, 0.6) is 0 Å². The molecule has 1 N–H and O–H groups in total. The zero-order valence-electron chi connectivity index (χ0n) is 19.6. The molecule has 0 bridgehead atoms. The molecule has 4 aromatic rings. The first-order valence-electron chi connectivity index (χ1n) is 11.6. The third-order valence-corrected chi connectivity index (χ3v) is 7.43. The number of nitrogens with zero attached hydrogens (tertiary/aromatic N) is 7. The molecule has 2 aliphatic rings. The summed E-state index contributed by atoms with van der Waals surface area (Å²) >= 11 is 0. The van der Waals surface area contributed by atoms with Gasteiger partial charge in [-0.3, -0.25) is 4.90 Å². The SMILES string of the molecule is Cc1c(-c2[nH]c3ccc(N4CC5(CN(CC#N)C5)C4)nc3c2C(C)C)cn2ncnc2c1C. The third kappa shape index (κ3) is 2.96. The van der Waals surface area contributed by atoms with Gasteiger partial charge in [0.1, 0.15) is 12.1 Å². The summed E-state index contributed by atoms with van der Waals surface area (Å²) < 4.78 is 1.86. The molecule has 1 spiro atoms. The topological polar surface area (TPSA) is 89.1 Å². The Morgan fingerprint density at radius 1 is 1.15 bits per heavy atom. The number of H-pyrrole nitrogens is 1. The van der Waals surface area contributed by atoms with Crippen LogP contribution in [0.25, 0.3) is 27.9 Å². The highest BCUT2D eigenvalue weighted by Gasteiger charge is 2.51. The van der Waals surface area contributed by atoms with Gasteiger partial charge in [-0.2, -0.15) is 10.4 Å². The molecule has 4 aromatic heterocycles. The van der Waals surface area contributed by atoms with Gasteiger partial charge in [-0.1, -0.05) is 13.8 Å². The average molecular weight is 441 g/mol. The molecule has 0 aliphatic carbocycles. The van der Waals surface area contributed by atoms with Gasteiger partial charge in [0.2, 0.25) is 0 Å². The number of likely N-dealkylation sites (tertiary alicyclic amines) is 1. The molecule has 8 heteroatoms. The number of aryl methyl sites for hydroxylation is 1. The predicted octanol–water partition coefficient (Wildman–Crippen LogP) is 3.66. The van der Waals surface area contributed by atoms with E-state index in [2.05, 4.69) is 77.0 Å². The summed E-state index contributed by atoms with van der Waals surface area (Å²) in [4.78, 5) is 17.8. The molecular formula is C25H28N8. The summed E-state index contributed by atoms with van der Waals surface area (Å²) in [5, 5.41) is 13.3. The van der Waals surface area contributed by atoms with Crippen LogP contribution in [0.1, 0.15) is 36.5 Å². The summed E-state index contributed by atoms with van der Waals surface area (Å²) in [7, 11) is 0. The zero-order valence-corrected chi connectivity index (χ0v) is 19.6. The lowest BCUT2D eigenvalue weighted by molar-refractivity contribution is -0.0126. The standard InChI is InChI=1S/C25H28N8/c1-15(2)21-22(18-9-33-24(27-14-28-33)17(4)16(18)3)29-19-5-6-20(30-23(19)21)32-12-25(13-32)10-31(11-25)8-7-26/h5-6,9,14-15,29H,8,10-13H2,1-4H3. The van der Waals surface area contributed by atoms with Gasteiger partial charge >= 0.3 is 0 Å². The molecule has 0 aromatic carbocycles. The van der Waals surface area contributed by atoms with E-state index in [9.17, 15) is 0 Å². The van der Waals surface area contributed by atoms with E-state index in [4.69, 9.17) is 10.2 Å². The summed E-state index contributed by atoms with van der Waals surface area (Å²) in [6, 6.07) is 6.55. The number of anilines is 1. The maximum Gasteiger partial charge on any atom is 0.158 e. The Morgan fingerprint density at radius 3 is 2.67 bits per heavy atom. The smallest absolute Gasteiger partial charge is 0.158 e. The lowest BCUT2D eigenvalue weighted by atomic mass is 9.73. The van der Waals surface area contributed by atoms with E-state index in [0.29, 0.717) is 17.9 Å². The van der Waals surface area contributed by atoms with Crippen molar-refractivity contribution in [3.05, 3.63) is 41.3 Å². The second-order valence-corrected chi connectivity index (χ2v) is 10.1. The molecule has 0 radical (unpaired) electrons. The monoisotopic (exact) mass is 440 g/mol. The van der Waals surface area contributed by atoms with Gasteiger partial charge in [-0.25, -0.2) is 14.5 Å². The highest BCUT2D eigenvalue weighted by Crippen LogP contribution is 2.43. The van der Waals surface area contributed by atoms with Crippen LogP contribution in [-0.2, 0) is 0 Å². The molecule has 33 heavy (non-hydrogen) atoms. The fourth-order valence-corrected chi connectivity index (χ4v) is 5.72. The Morgan fingerprint density at radius 2 is 1.94 bits per heavy atom. The van der Waals surface area contributed by atoms with Crippen LogP contribution in [0.15, 0.2) is 24.7 Å². The minimum Gasteiger partial charge on any atom is -0.355 e. The van der Waals surface area contributed by atoms with Crippen LogP contribution in [0, 0.1) is 30.6 Å². The number of nitrogens with one attached hydrogen (secondary N) is 1. The zero-order chi connectivity index (χ0) is 22.9. The van der Waals surface area contributed by atoms with E-state index in [1.807, 2.05) is 4.52 Å². The largest absolute Gasteiger partial charge is 0.355 e. The molecule has 0 saturated carbocycles. The van der Waals surface area contributed by atoms with Gasteiger partial charge in [0, 0.05) is 48.9 Å². The molecule has 8 nitrogen and oxygen atoms in total. The lowest BCUT2D eigenvalue weighted by Gasteiger charge is -2.60. The molecule has 0 amide bonds. The fraction of sp³-hybridized carbons (Fsp3) is 0.440. The van der Waals surface area contributed by atoms with Gasteiger partial charge in [-0.05, 0) is 43.0 Å². The lowest BCUT2D eigenvalue weighted by Crippen LogP contribution is -2.72. The number of hydrogen-bond donors (Lipinski definition) is 1. The van der Waals surface area contributed by atoms with E-state index < -0.39 is 0 Å². The van der Waals surface area contributed by atoms with E-state index in [1.165, 1.54) is 11.1 Å². The molecular weight excluding hydrogens is 412 g/mol. The highest BCUT2D eigenvalue weighted by molar-refractivity contribution is 5.90. The molecule has 0 atom stereocenters. The average Bonchev–Trinajstić information content (AvgIpc) is 3.35. The molecule has 2 saturated heterocycles. The van der Waals surface area contributed by atoms with Crippen LogP contribution < -0.4 is 4.90 Å². The van der Waals surface area contributed by atoms with Crippen molar-refractivity contribution in [2.45, 2.75) is 33.6 Å². The van der Waals surface area contributed by atoms with Gasteiger partial charge in [0.05, 0.1) is 29.3 Å². The van der Waals surface area contributed by atoms with Crippen molar-refractivity contribution in [2.75, 3.05) is 37.6 Å². The second kappa shape index (κ2) is 7.03. The Labute approximate surface area is 192 Å². The quantitative estimate of drug-likeness (QED) is 0.487. The Bertz CT molecular complexity index is 1420. The first-order chi connectivity index (χ1) is 15.9. The molecule has 6 heterocycles. The van der Waals surface area contributed by atoms with Crippen molar-refractivity contribution in [1.29, 1.82) is 5.26 Å². The van der Waals surface area contributed by atoms with Crippen molar-refractivity contribution < 1.29 is 0 Å². The van der Waals surface area contributed by atoms with Gasteiger partial charge in [0.25, 0.3) is 0 Å². The van der Waals surface area contributed by atoms with E-state index in [1.54, 1.807) is 6.33 Å². The van der Waals surface area contributed by atoms with Gasteiger partial charge < -0.3 is 9.88 Å². The van der Waals surface area contributed by atoms with Crippen LogP contribution >= 0.6 is 0 Å². The van der Waals surface area contributed by atoms with Gasteiger partial charge in [-0.15, -0.1) is 0 Å². The number of aromatic amines is 1. The fourth-order valence-electron chi connectivity index (χ4n) is 5.72. The van der Waals surface area contributed by atoms with Gasteiger partial charge in [0.15, 0.2) is 5.65 Å². The Kier molecular flexibility index (Phi) is 4.30. The normalized spacial score (nSPS) is 17.6. The second-order valence-electron chi connectivity index (χ2n) is 10.1. The number of rotatable bonds is 4. The summed E-state index contributed by atoms with van der Waals surface area (Å²) in [6.45, 7) is 13.3. The maximum absolute atomic E-state index is 8.90. The summed E-state index contributed by atoms with van der Waals surface area (Å²) in [5.74, 6) is 1.36. The third-order valence-electron chi connectivity index (χ3n) is 7.43. The van der Waals surface area contributed by atoms with Crippen molar-refractivity contribution in [3.63, 3.8) is 0 Å². The van der Waals surface area contributed by atoms with Crippen molar-refractivity contribution >= 4 is 22.5 Å². The van der Waals surface area contributed by atoms with Crippen LogP contribution in [0.4, 0.5) is 5.82 Å². The number of nitriles is 1. The van der Waals surface area contributed by atoms with Crippen LogP contribution in [0.2, 0.25) is 0 Å². The van der Waals surface area contributed by atoms with Crippen molar-refractivity contribution in [1.82, 2.24) is 29.5 Å². The highest BCUT2D eigenvalue weighted by atomic mass is 15.3. The predicted molar refractivity (Wildman–Crippen MR) is 128 cm³/mol. The number of hydrogen-bond acceptors (Lipinski definition) is 6. The summed E-state index contributed by atoms with van der Waals surface area (Å²) in [6.07, 6.45) is 3.68. The van der Waals surface area contributed by atoms with E-state index >= 15 is 0 Å². The minimum atomic E-state index is 0.316. The minimum absolute atomic E-state index is 0.316. The molecule has 168 valence electrons. The van der Waals surface area contributed by atoms with E-state index in [0.717, 1.165) is 65.5 Å². The number of pyridine rings is 2. The molecule has 0 unspecified atom stereocenters. The number of fused-ring (bicyclic) bond motifs is 2. The van der Waals surface area contributed by atoms with Crippen molar-refractivity contribution in [3.8, 4) is 17.3 Å².